The van der Waals surface area contributed by atoms with Crippen molar-refractivity contribution >= 4 is 17.5 Å². The van der Waals surface area contributed by atoms with Gasteiger partial charge in [0, 0.05) is 43.3 Å². The number of aliphatic hydroxyl groups is 1. The summed E-state index contributed by atoms with van der Waals surface area (Å²) >= 11 is 0. The van der Waals surface area contributed by atoms with E-state index in [0.29, 0.717) is 19.5 Å². The summed E-state index contributed by atoms with van der Waals surface area (Å²) in [6.07, 6.45) is 0.407. The molecule has 0 spiro atoms. The molecular weight excluding hydrogens is 304 g/mol. The molecule has 2 heterocycles. The molecule has 2 amide bonds. The highest BCUT2D eigenvalue weighted by molar-refractivity contribution is 5.99. The van der Waals surface area contributed by atoms with E-state index in [9.17, 15) is 14.7 Å². The Labute approximate surface area is 139 Å². The first-order chi connectivity index (χ1) is 11.7. The number of hydrogen-bond acceptors (Lipinski definition) is 3. The minimum Gasteiger partial charge on any atom is -0.396 e. The van der Waals surface area contributed by atoms with Crippen LogP contribution in [0.2, 0.25) is 0 Å². The lowest BCUT2D eigenvalue weighted by Crippen LogP contribution is -2.24. The van der Waals surface area contributed by atoms with Crippen LogP contribution in [-0.4, -0.2) is 30.1 Å². The third kappa shape index (κ3) is 2.47. The molecule has 1 unspecified atom stereocenters. The number of rotatable bonds is 3. The molecule has 4 rings (SSSR count). The molecule has 1 fully saturated rings. The third-order valence-corrected chi connectivity index (χ3v) is 4.76. The van der Waals surface area contributed by atoms with E-state index in [1.165, 1.54) is 0 Å². The van der Waals surface area contributed by atoms with E-state index in [-0.39, 0.29) is 24.3 Å². The van der Waals surface area contributed by atoms with E-state index in [1.807, 2.05) is 42.5 Å². The van der Waals surface area contributed by atoms with Crippen molar-refractivity contribution in [3.05, 3.63) is 53.6 Å². The van der Waals surface area contributed by atoms with Gasteiger partial charge in [-0.05, 0) is 41.0 Å². The van der Waals surface area contributed by atoms with Crippen LogP contribution in [-0.2, 0) is 11.3 Å². The Hall–Kier alpha value is -2.66. The summed E-state index contributed by atoms with van der Waals surface area (Å²) in [5.41, 5.74) is 4.72. The number of hydrogen-bond donors (Lipinski definition) is 2. The molecule has 2 N–H and O–H groups in total. The van der Waals surface area contributed by atoms with Gasteiger partial charge in [-0.3, -0.25) is 9.59 Å². The van der Waals surface area contributed by atoms with Gasteiger partial charge < -0.3 is 15.3 Å². The topological polar surface area (TPSA) is 69.6 Å². The van der Waals surface area contributed by atoms with Crippen molar-refractivity contribution in [3.63, 3.8) is 0 Å². The maximum atomic E-state index is 12.0. The molecule has 0 saturated carbocycles. The first-order valence-corrected chi connectivity index (χ1v) is 8.08. The Morgan fingerprint density at radius 2 is 1.83 bits per heavy atom. The Balaban J connectivity index is 1.58. The highest BCUT2D eigenvalue weighted by Crippen LogP contribution is 2.29. The zero-order valence-corrected chi connectivity index (χ0v) is 13.2. The second-order valence-electron chi connectivity index (χ2n) is 6.36. The van der Waals surface area contributed by atoms with Crippen LogP contribution >= 0.6 is 0 Å². The van der Waals surface area contributed by atoms with Crippen molar-refractivity contribution in [1.82, 2.24) is 5.32 Å². The maximum absolute atomic E-state index is 12.0. The van der Waals surface area contributed by atoms with Crippen LogP contribution in [0.5, 0.6) is 0 Å². The molecule has 5 nitrogen and oxygen atoms in total. The van der Waals surface area contributed by atoms with E-state index in [1.54, 1.807) is 4.90 Å². The Bertz CT molecular complexity index is 814. The van der Waals surface area contributed by atoms with Crippen LogP contribution in [0, 0.1) is 5.92 Å². The molecule has 2 aromatic rings. The normalized spacial score (nSPS) is 19.5. The minimum atomic E-state index is -0.0159. The number of amides is 2. The molecule has 2 aliphatic rings. The number of carbonyl (C=O) groups excluding carboxylic acids is 2. The quantitative estimate of drug-likeness (QED) is 0.907. The van der Waals surface area contributed by atoms with Crippen molar-refractivity contribution in [1.29, 1.82) is 0 Å². The van der Waals surface area contributed by atoms with Gasteiger partial charge in [-0.1, -0.05) is 18.2 Å². The zero-order valence-electron chi connectivity index (χ0n) is 13.2. The van der Waals surface area contributed by atoms with Gasteiger partial charge in [-0.15, -0.1) is 0 Å². The monoisotopic (exact) mass is 322 g/mol. The van der Waals surface area contributed by atoms with Crippen LogP contribution in [0.25, 0.3) is 11.1 Å². The lowest BCUT2D eigenvalue weighted by Gasteiger charge is -2.17. The zero-order chi connectivity index (χ0) is 16.7. The molecule has 122 valence electrons. The largest absolute Gasteiger partial charge is 0.396 e. The predicted octanol–water partition coefficient (Wildman–Crippen LogP) is 1.94. The van der Waals surface area contributed by atoms with Crippen molar-refractivity contribution in [2.75, 3.05) is 18.1 Å². The number of aliphatic hydroxyl groups excluding tert-OH is 1. The average molecular weight is 322 g/mol. The van der Waals surface area contributed by atoms with Crippen LogP contribution < -0.4 is 10.2 Å². The minimum absolute atomic E-state index is 0.0159. The van der Waals surface area contributed by atoms with Crippen LogP contribution in [0.1, 0.15) is 22.3 Å². The molecule has 0 aromatic heterocycles. The number of nitrogens with zero attached hydrogens (tertiary/aromatic N) is 1. The van der Waals surface area contributed by atoms with Crippen molar-refractivity contribution in [3.8, 4) is 11.1 Å². The standard InChI is InChI=1S/C19H18N2O3/c22-11-12-7-18(23)21(10-12)16-4-1-13(2-5-16)14-3-6-17-15(8-14)9-20-19(17)24/h1-6,8,12,22H,7,9-11H2,(H,20,24). The molecule has 2 aromatic carbocycles. The van der Waals surface area contributed by atoms with E-state index < -0.39 is 0 Å². The molecule has 0 radical (unpaired) electrons. The molecule has 24 heavy (non-hydrogen) atoms. The van der Waals surface area contributed by atoms with Gasteiger partial charge in [-0.2, -0.15) is 0 Å². The van der Waals surface area contributed by atoms with E-state index in [2.05, 4.69) is 5.32 Å². The van der Waals surface area contributed by atoms with E-state index in [4.69, 9.17) is 0 Å². The summed E-state index contributed by atoms with van der Waals surface area (Å²) < 4.78 is 0. The molecule has 0 aliphatic carbocycles. The summed E-state index contributed by atoms with van der Waals surface area (Å²) in [7, 11) is 0. The average Bonchev–Trinajstić information content (AvgIpc) is 3.18. The predicted molar refractivity (Wildman–Crippen MR) is 90.6 cm³/mol. The Morgan fingerprint density at radius 1 is 1.08 bits per heavy atom. The second kappa shape index (κ2) is 5.76. The van der Waals surface area contributed by atoms with Gasteiger partial charge in [0.2, 0.25) is 5.91 Å². The van der Waals surface area contributed by atoms with E-state index in [0.717, 1.165) is 27.9 Å². The number of benzene rings is 2. The fourth-order valence-electron chi connectivity index (χ4n) is 3.40. The summed E-state index contributed by atoms with van der Waals surface area (Å²) in [5, 5.41) is 12.0. The Morgan fingerprint density at radius 3 is 2.54 bits per heavy atom. The number of anilines is 1. The van der Waals surface area contributed by atoms with Crippen molar-refractivity contribution in [2.24, 2.45) is 5.92 Å². The molecule has 0 bridgehead atoms. The van der Waals surface area contributed by atoms with Crippen LogP contribution in [0.3, 0.4) is 0 Å². The summed E-state index contributed by atoms with van der Waals surface area (Å²) in [4.78, 5) is 25.4. The first-order valence-electron chi connectivity index (χ1n) is 8.08. The lowest BCUT2D eigenvalue weighted by molar-refractivity contribution is -0.117. The van der Waals surface area contributed by atoms with Gasteiger partial charge in [0.1, 0.15) is 0 Å². The van der Waals surface area contributed by atoms with Crippen LogP contribution in [0.15, 0.2) is 42.5 Å². The van der Waals surface area contributed by atoms with Gasteiger partial charge in [-0.25, -0.2) is 0 Å². The Kier molecular flexibility index (Phi) is 3.58. The highest BCUT2D eigenvalue weighted by Gasteiger charge is 2.29. The molecule has 1 atom stereocenters. The van der Waals surface area contributed by atoms with Crippen molar-refractivity contribution < 1.29 is 14.7 Å². The van der Waals surface area contributed by atoms with Crippen molar-refractivity contribution in [2.45, 2.75) is 13.0 Å². The molecule has 5 heteroatoms. The lowest BCUT2D eigenvalue weighted by atomic mass is 10.00. The molecule has 1 saturated heterocycles. The second-order valence-corrected chi connectivity index (χ2v) is 6.36. The first kappa shape index (κ1) is 14.9. The number of nitrogens with one attached hydrogen (secondary N) is 1. The van der Waals surface area contributed by atoms with Gasteiger partial charge in [0.25, 0.3) is 5.91 Å². The van der Waals surface area contributed by atoms with Gasteiger partial charge >= 0.3 is 0 Å². The smallest absolute Gasteiger partial charge is 0.251 e. The summed E-state index contributed by atoms with van der Waals surface area (Å²) in [6.45, 7) is 1.19. The summed E-state index contributed by atoms with van der Waals surface area (Å²) in [6, 6.07) is 13.7. The number of fused-ring (bicyclic) bond motifs is 1. The van der Waals surface area contributed by atoms with Gasteiger partial charge in [0.15, 0.2) is 0 Å². The van der Waals surface area contributed by atoms with Crippen LogP contribution in [0.4, 0.5) is 5.69 Å². The van der Waals surface area contributed by atoms with E-state index >= 15 is 0 Å². The highest BCUT2D eigenvalue weighted by atomic mass is 16.3. The van der Waals surface area contributed by atoms with Gasteiger partial charge in [0.05, 0.1) is 0 Å². The molecular formula is C19H18N2O3. The number of carbonyl (C=O) groups is 2. The maximum Gasteiger partial charge on any atom is 0.251 e. The SMILES string of the molecule is O=C1NCc2cc(-c3ccc(N4CC(CO)CC4=O)cc3)ccc21. The fourth-order valence-corrected chi connectivity index (χ4v) is 3.40. The fraction of sp³-hybridized carbons (Fsp3) is 0.263. The third-order valence-electron chi connectivity index (χ3n) is 4.76. The molecule has 2 aliphatic heterocycles. The summed E-state index contributed by atoms with van der Waals surface area (Å²) in [5.74, 6) is 0.0701.